The van der Waals surface area contributed by atoms with E-state index < -0.39 is 17.7 Å². The SMILES string of the molecule is CC(C)CN(CC(=O)O)c1ccc(C(F)(F)F)cc1. The first-order chi connectivity index (χ1) is 8.70. The molecule has 1 N–H and O–H groups in total. The summed E-state index contributed by atoms with van der Waals surface area (Å²) in [5.41, 5.74) is -0.264. The summed E-state index contributed by atoms with van der Waals surface area (Å²) in [6.45, 7) is 4.07. The molecule has 1 aromatic carbocycles. The van der Waals surface area contributed by atoms with Crippen molar-refractivity contribution in [3.8, 4) is 0 Å². The molecule has 19 heavy (non-hydrogen) atoms. The van der Waals surface area contributed by atoms with E-state index in [4.69, 9.17) is 5.11 Å². The van der Waals surface area contributed by atoms with Crippen LogP contribution in [0, 0.1) is 5.92 Å². The van der Waals surface area contributed by atoms with Gasteiger partial charge in [0.1, 0.15) is 6.54 Å². The summed E-state index contributed by atoms with van der Waals surface area (Å²) in [4.78, 5) is 12.3. The van der Waals surface area contributed by atoms with Gasteiger partial charge in [0.05, 0.1) is 5.56 Å². The molecule has 6 heteroatoms. The van der Waals surface area contributed by atoms with Crippen molar-refractivity contribution >= 4 is 11.7 Å². The second-order valence-electron chi connectivity index (χ2n) is 4.71. The normalized spacial score (nSPS) is 11.7. The van der Waals surface area contributed by atoms with Crippen LogP contribution >= 0.6 is 0 Å². The molecule has 0 atom stereocenters. The fraction of sp³-hybridized carbons (Fsp3) is 0.462. The lowest BCUT2D eigenvalue weighted by Crippen LogP contribution is -2.32. The predicted molar refractivity (Wildman–Crippen MR) is 66.1 cm³/mol. The minimum absolute atomic E-state index is 0.210. The molecular weight excluding hydrogens is 259 g/mol. The number of anilines is 1. The topological polar surface area (TPSA) is 40.5 Å². The highest BCUT2D eigenvalue weighted by Gasteiger charge is 2.30. The number of halogens is 3. The maximum Gasteiger partial charge on any atom is 0.416 e. The van der Waals surface area contributed by atoms with E-state index in [1.165, 1.54) is 12.1 Å². The molecule has 0 aliphatic carbocycles. The minimum atomic E-state index is -4.38. The summed E-state index contributed by atoms with van der Waals surface area (Å²) in [5, 5.41) is 8.82. The first-order valence-electron chi connectivity index (χ1n) is 5.84. The number of carboxylic acid groups (broad SMARTS) is 1. The Balaban J connectivity index is 2.93. The van der Waals surface area contributed by atoms with Gasteiger partial charge >= 0.3 is 12.1 Å². The van der Waals surface area contributed by atoms with Crippen LogP contribution in [-0.4, -0.2) is 24.2 Å². The van der Waals surface area contributed by atoms with Crippen molar-refractivity contribution in [3.63, 3.8) is 0 Å². The second kappa shape index (κ2) is 5.95. The van der Waals surface area contributed by atoms with E-state index in [-0.39, 0.29) is 12.5 Å². The van der Waals surface area contributed by atoms with Gasteiger partial charge in [-0.3, -0.25) is 4.79 Å². The molecule has 0 amide bonds. The first kappa shape index (κ1) is 15.3. The second-order valence-corrected chi connectivity index (χ2v) is 4.71. The van der Waals surface area contributed by atoms with E-state index in [1.54, 1.807) is 4.90 Å². The summed E-state index contributed by atoms with van der Waals surface area (Å²) in [6.07, 6.45) is -4.38. The first-order valence-corrected chi connectivity index (χ1v) is 5.84. The van der Waals surface area contributed by atoms with Crippen molar-refractivity contribution in [2.24, 2.45) is 5.92 Å². The maximum atomic E-state index is 12.4. The number of hydrogen-bond acceptors (Lipinski definition) is 2. The Bertz CT molecular complexity index is 427. The number of alkyl halides is 3. The van der Waals surface area contributed by atoms with Crippen LogP contribution in [0.2, 0.25) is 0 Å². The highest BCUT2D eigenvalue weighted by molar-refractivity contribution is 5.73. The Hall–Kier alpha value is -1.72. The van der Waals surface area contributed by atoms with Crippen molar-refractivity contribution in [1.82, 2.24) is 0 Å². The minimum Gasteiger partial charge on any atom is -0.480 e. The molecule has 0 radical (unpaired) electrons. The number of aliphatic carboxylic acids is 1. The predicted octanol–water partition coefficient (Wildman–Crippen LogP) is 3.25. The molecule has 0 fully saturated rings. The van der Waals surface area contributed by atoms with Gasteiger partial charge in [-0.05, 0) is 30.2 Å². The number of nitrogens with zero attached hydrogens (tertiary/aromatic N) is 1. The van der Waals surface area contributed by atoms with Crippen LogP contribution in [-0.2, 0) is 11.0 Å². The number of carboxylic acids is 1. The zero-order valence-electron chi connectivity index (χ0n) is 10.7. The Morgan fingerprint density at radius 2 is 1.79 bits per heavy atom. The van der Waals surface area contributed by atoms with Crippen LogP contribution in [0.3, 0.4) is 0 Å². The van der Waals surface area contributed by atoms with Gasteiger partial charge in [0.2, 0.25) is 0 Å². The van der Waals surface area contributed by atoms with E-state index in [1.807, 2.05) is 13.8 Å². The smallest absolute Gasteiger partial charge is 0.416 e. The van der Waals surface area contributed by atoms with Crippen molar-refractivity contribution in [3.05, 3.63) is 29.8 Å². The third-order valence-electron chi connectivity index (χ3n) is 2.47. The molecule has 106 valence electrons. The Morgan fingerprint density at radius 3 is 2.16 bits per heavy atom. The third kappa shape index (κ3) is 4.81. The summed E-state index contributed by atoms with van der Waals surface area (Å²) in [6, 6.07) is 4.53. The van der Waals surface area contributed by atoms with Gasteiger partial charge in [-0.2, -0.15) is 13.2 Å². The molecule has 0 saturated heterocycles. The molecule has 0 aliphatic rings. The lowest BCUT2D eigenvalue weighted by atomic mass is 10.1. The average molecular weight is 275 g/mol. The van der Waals surface area contributed by atoms with E-state index in [0.717, 1.165) is 12.1 Å². The molecular formula is C13H16F3NO2. The molecule has 0 spiro atoms. The summed E-state index contributed by atoms with van der Waals surface area (Å²) >= 11 is 0. The van der Waals surface area contributed by atoms with E-state index >= 15 is 0 Å². The van der Waals surface area contributed by atoms with Crippen LogP contribution in [0.5, 0.6) is 0 Å². The van der Waals surface area contributed by atoms with Crippen LogP contribution in [0.15, 0.2) is 24.3 Å². The molecule has 0 saturated carbocycles. The molecule has 0 aliphatic heterocycles. The van der Waals surface area contributed by atoms with E-state index in [9.17, 15) is 18.0 Å². The van der Waals surface area contributed by atoms with Gasteiger partial charge < -0.3 is 10.0 Å². The summed E-state index contributed by atoms with van der Waals surface area (Å²) in [5.74, 6) is -0.804. The molecule has 0 heterocycles. The Labute approximate surface area is 109 Å². The van der Waals surface area contributed by atoms with Gasteiger partial charge in [-0.1, -0.05) is 13.8 Å². The lowest BCUT2D eigenvalue weighted by Gasteiger charge is -2.25. The van der Waals surface area contributed by atoms with Crippen molar-refractivity contribution in [1.29, 1.82) is 0 Å². The molecule has 3 nitrogen and oxygen atoms in total. The highest BCUT2D eigenvalue weighted by atomic mass is 19.4. The summed E-state index contributed by atoms with van der Waals surface area (Å²) in [7, 11) is 0. The fourth-order valence-electron chi connectivity index (χ4n) is 1.73. The van der Waals surface area contributed by atoms with Crippen LogP contribution in [0.4, 0.5) is 18.9 Å². The summed E-state index contributed by atoms with van der Waals surface area (Å²) < 4.78 is 37.3. The molecule has 1 aromatic rings. The number of hydrogen-bond donors (Lipinski definition) is 1. The number of rotatable bonds is 5. The van der Waals surface area contributed by atoms with Crippen molar-refractivity contribution in [2.45, 2.75) is 20.0 Å². The lowest BCUT2D eigenvalue weighted by molar-refractivity contribution is -0.138. The van der Waals surface area contributed by atoms with Crippen molar-refractivity contribution < 1.29 is 23.1 Å². The largest absolute Gasteiger partial charge is 0.480 e. The molecule has 0 unspecified atom stereocenters. The fourth-order valence-corrected chi connectivity index (χ4v) is 1.73. The number of carbonyl (C=O) groups is 1. The van der Waals surface area contributed by atoms with E-state index in [2.05, 4.69) is 0 Å². The molecule has 1 rings (SSSR count). The molecule has 0 aromatic heterocycles. The van der Waals surface area contributed by atoms with Crippen LogP contribution < -0.4 is 4.90 Å². The monoisotopic (exact) mass is 275 g/mol. The Kier molecular flexibility index (Phi) is 4.80. The third-order valence-corrected chi connectivity index (χ3v) is 2.47. The maximum absolute atomic E-state index is 12.4. The van der Waals surface area contributed by atoms with Crippen LogP contribution in [0.25, 0.3) is 0 Å². The highest BCUT2D eigenvalue weighted by Crippen LogP contribution is 2.30. The quantitative estimate of drug-likeness (QED) is 0.896. The molecule has 0 bridgehead atoms. The zero-order valence-corrected chi connectivity index (χ0v) is 10.7. The zero-order chi connectivity index (χ0) is 14.6. The number of benzene rings is 1. The van der Waals surface area contributed by atoms with Crippen LogP contribution in [0.1, 0.15) is 19.4 Å². The van der Waals surface area contributed by atoms with Crippen molar-refractivity contribution in [2.75, 3.05) is 18.0 Å². The van der Waals surface area contributed by atoms with Gasteiger partial charge in [0.25, 0.3) is 0 Å². The Morgan fingerprint density at radius 1 is 1.26 bits per heavy atom. The van der Waals surface area contributed by atoms with Gasteiger partial charge in [0.15, 0.2) is 0 Å². The van der Waals surface area contributed by atoms with Gasteiger partial charge in [0, 0.05) is 12.2 Å². The van der Waals surface area contributed by atoms with E-state index in [0.29, 0.717) is 12.2 Å². The van der Waals surface area contributed by atoms with Gasteiger partial charge in [-0.15, -0.1) is 0 Å². The average Bonchev–Trinajstić information content (AvgIpc) is 2.26. The standard InChI is InChI=1S/C13H16F3NO2/c1-9(2)7-17(8-12(18)19)11-5-3-10(4-6-11)13(14,15)16/h3-6,9H,7-8H2,1-2H3,(H,18,19). The van der Waals surface area contributed by atoms with Gasteiger partial charge in [-0.25, -0.2) is 0 Å².